The minimum atomic E-state index is 0.383. The van der Waals surface area contributed by atoms with E-state index < -0.39 is 0 Å². The fourth-order valence-corrected chi connectivity index (χ4v) is 3.36. The number of nitrogens with one attached hydrogen (secondary N) is 1. The topological polar surface area (TPSA) is 24.5 Å². The molecule has 0 amide bonds. The van der Waals surface area contributed by atoms with Crippen molar-refractivity contribution in [1.82, 2.24) is 10.2 Å². The van der Waals surface area contributed by atoms with Crippen LogP contribution in [0.3, 0.4) is 0 Å². The van der Waals surface area contributed by atoms with Gasteiger partial charge in [0, 0.05) is 31.2 Å². The molecular weight excluding hydrogens is 212 g/mol. The van der Waals surface area contributed by atoms with Crippen molar-refractivity contribution in [3.8, 4) is 0 Å². The van der Waals surface area contributed by atoms with E-state index in [1.807, 2.05) is 0 Å². The summed E-state index contributed by atoms with van der Waals surface area (Å²) in [6.45, 7) is 11.1. The molecule has 2 aliphatic rings. The average Bonchev–Trinajstić information content (AvgIpc) is 2.97. The second-order valence-corrected chi connectivity index (χ2v) is 5.76. The van der Waals surface area contributed by atoms with Crippen LogP contribution in [0.2, 0.25) is 0 Å². The van der Waals surface area contributed by atoms with Crippen molar-refractivity contribution >= 4 is 0 Å². The summed E-state index contributed by atoms with van der Waals surface area (Å²) in [7, 11) is 0. The van der Waals surface area contributed by atoms with Gasteiger partial charge in [-0.15, -0.1) is 0 Å². The second-order valence-electron chi connectivity index (χ2n) is 5.76. The number of hydrogen-bond donors (Lipinski definition) is 1. The average molecular weight is 240 g/mol. The smallest absolute Gasteiger partial charge is 0.0547 e. The van der Waals surface area contributed by atoms with Crippen molar-refractivity contribution in [2.24, 2.45) is 5.41 Å². The lowest BCUT2D eigenvalue weighted by atomic mass is 9.86. The lowest BCUT2D eigenvalue weighted by molar-refractivity contribution is 0.102. The van der Waals surface area contributed by atoms with Gasteiger partial charge < -0.3 is 10.1 Å². The first kappa shape index (κ1) is 13.3. The SMILES string of the molecule is CCNCC1(CN2CCCC2CC)CCOC1. The van der Waals surface area contributed by atoms with Crippen molar-refractivity contribution in [3.63, 3.8) is 0 Å². The fourth-order valence-electron chi connectivity index (χ4n) is 3.36. The standard InChI is InChI=1S/C14H28N2O/c1-3-13-6-5-8-16(13)11-14(10-15-4-2)7-9-17-12-14/h13,15H,3-12H2,1-2H3. The third-order valence-electron chi connectivity index (χ3n) is 4.44. The van der Waals surface area contributed by atoms with E-state index in [9.17, 15) is 0 Å². The number of ether oxygens (including phenoxy) is 1. The van der Waals surface area contributed by atoms with E-state index in [0.717, 1.165) is 32.3 Å². The van der Waals surface area contributed by atoms with Gasteiger partial charge in [-0.2, -0.15) is 0 Å². The Morgan fingerprint density at radius 3 is 2.94 bits per heavy atom. The summed E-state index contributed by atoms with van der Waals surface area (Å²) in [5.74, 6) is 0. The molecule has 2 atom stereocenters. The van der Waals surface area contributed by atoms with Gasteiger partial charge in [0.2, 0.25) is 0 Å². The summed E-state index contributed by atoms with van der Waals surface area (Å²) in [6, 6.07) is 0.828. The van der Waals surface area contributed by atoms with Crippen LogP contribution in [0.1, 0.15) is 39.5 Å². The molecule has 100 valence electrons. The number of nitrogens with zero attached hydrogens (tertiary/aromatic N) is 1. The van der Waals surface area contributed by atoms with Gasteiger partial charge in [0.25, 0.3) is 0 Å². The maximum absolute atomic E-state index is 5.67. The molecule has 1 N–H and O–H groups in total. The van der Waals surface area contributed by atoms with Crippen molar-refractivity contribution in [2.75, 3.05) is 39.4 Å². The minimum Gasteiger partial charge on any atom is -0.381 e. The second kappa shape index (κ2) is 6.17. The molecule has 2 heterocycles. The van der Waals surface area contributed by atoms with E-state index in [0.29, 0.717) is 5.41 Å². The Hall–Kier alpha value is -0.120. The molecule has 2 saturated heterocycles. The highest BCUT2D eigenvalue weighted by molar-refractivity contribution is 4.91. The van der Waals surface area contributed by atoms with E-state index in [1.165, 1.54) is 38.8 Å². The lowest BCUT2D eigenvalue weighted by Gasteiger charge is -2.35. The van der Waals surface area contributed by atoms with Crippen LogP contribution in [0, 0.1) is 5.41 Å². The molecule has 2 fully saturated rings. The van der Waals surface area contributed by atoms with Crippen molar-refractivity contribution in [2.45, 2.75) is 45.6 Å². The highest BCUT2D eigenvalue weighted by Gasteiger charge is 2.38. The van der Waals surface area contributed by atoms with Gasteiger partial charge in [0.15, 0.2) is 0 Å². The molecule has 0 aromatic carbocycles. The van der Waals surface area contributed by atoms with Gasteiger partial charge in [0.05, 0.1) is 6.61 Å². The molecule has 0 aromatic rings. The van der Waals surface area contributed by atoms with Crippen LogP contribution in [0.25, 0.3) is 0 Å². The fraction of sp³-hybridized carbons (Fsp3) is 1.00. The molecular formula is C14H28N2O. The predicted molar refractivity (Wildman–Crippen MR) is 71.3 cm³/mol. The summed E-state index contributed by atoms with van der Waals surface area (Å²) in [6.07, 6.45) is 5.32. The molecule has 2 aliphatic heterocycles. The third kappa shape index (κ3) is 3.21. The Labute approximate surface area is 106 Å². The predicted octanol–water partition coefficient (Wildman–Crippen LogP) is 1.88. The molecule has 0 aromatic heterocycles. The zero-order valence-electron chi connectivity index (χ0n) is 11.5. The van der Waals surface area contributed by atoms with Crippen molar-refractivity contribution < 1.29 is 4.74 Å². The van der Waals surface area contributed by atoms with Crippen LogP contribution < -0.4 is 5.32 Å². The zero-order chi connectivity index (χ0) is 12.1. The van der Waals surface area contributed by atoms with Crippen LogP contribution in [0.15, 0.2) is 0 Å². The molecule has 0 bridgehead atoms. The van der Waals surface area contributed by atoms with Crippen LogP contribution in [0.5, 0.6) is 0 Å². The third-order valence-corrected chi connectivity index (χ3v) is 4.44. The zero-order valence-corrected chi connectivity index (χ0v) is 11.5. The van der Waals surface area contributed by atoms with Crippen molar-refractivity contribution in [1.29, 1.82) is 0 Å². The normalized spacial score (nSPS) is 34.6. The summed E-state index contributed by atoms with van der Waals surface area (Å²) < 4.78 is 5.67. The molecule has 0 saturated carbocycles. The first-order chi connectivity index (χ1) is 8.29. The lowest BCUT2D eigenvalue weighted by Crippen LogP contribution is -2.46. The van der Waals surface area contributed by atoms with E-state index >= 15 is 0 Å². The van der Waals surface area contributed by atoms with E-state index in [1.54, 1.807) is 0 Å². The Kier molecular flexibility index (Phi) is 4.83. The molecule has 2 rings (SSSR count). The monoisotopic (exact) mass is 240 g/mol. The highest BCUT2D eigenvalue weighted by atomic mass is 16.5. The highest BCUT2D eigenvalue weighted by Crippen LogP contribution is 2.32. The first-order valence-corrected chi connectivity index (χ1v) is 7.32. The van der Waals surface area contributed by atoms with Crippen molar-refractivity contribution in [3.05, 3.63) is 0 Å². The van der Waals surface area contributed by atoms with Gasteiger partial charge in [-0.3, -0.25) is 4.90 Å². The van der Waals surface area contributed by atoms with Crippen LogP contribution in [-0.2, 0) is 4.74 Å². The van der Waals surface area contributed by atoms with E-state index in [4.69, 9.17) is 4.74 Å². The van der Waals surface area contributed by atoms with Crippen LogP contribution in [0.4, 0.5) is 0 Å². The maximum atomic E-state index is 5.67. The van der Waals surface area contributed by atoms with Crippen LogP contribution >= 0.6 is 0 Å². The quantitative estimate of drug-likeness (QED) is 0.767. The number of likely N-dealkylation sites (tertiary alicyclic amines) is 1. The molecule has 0 spiro atoms. The van der Waals surface area contributed by atoms with Gasteiger partial charge in [-0.1, -0.05) is 13.8 Å². The Balaban J connectivity index is 1.92. The summed E-state index contributed by atoms with van der Waals surface area (Å²) in [4.78, 5) is 2.71. The van der Waals surface area contributed by atoms with Gasteiger partial charge in [0.1, 0.15) is 0 Å². The Morgan fingerprint density at radius 1 is 1.41 bits per heavy atom. The number of hydrogen-bond acceptors (Lipinski definition) is 3. The van der Waals surface area contributed by atoms with Gasteiger partial charge in [-0.25, -0.2) is 0 Å². The van der Waals surface area contributed by atoms with Crippen LogP contribution in [-0.4, -0.2) is 50.3 Å². The Bertz CT molecular complexity index is 226. The molecule has 3 heteroatoms. The molecule has 0 aliphatic carbocycles. The number of rotatable bonds is 6. The minimum absolute atomic E-state index is 0.383. The van der Waals surface area contributed by atoms with E-state index in [-0.39, 0.29) is 0 Å². The summed E-state index contributed by atoms with van der Waals surface area (Å²) in [5, 5.41) is 3.53. The van der Waals surface area contributed by atoms with Gasteiger partial charge in [-0.05, 0) is 38.8 Å². The molecule has 2 unspecified atom stereocenters. The van der Waals surface area contributed by atoms with Gasteiger partial charge >= 0.3 is 0 Å². The largest absolute Gasteiger partial charge is 0.381 e. The first-order valence-electron chi connectivity index (χ1n) is 7.32. The molecule has 3 nitrogen and oxygen atoms in total. The maximum Gasteiger partial charge on any atom is 0.0547 e. The Morgan fingerprint density at radius 2 is 2.29 bits per heavy atom. The molecule has 0 radical (unpaired) electrons. The van der Waals surface area contributed by atoms with E-state index in [2.05, 4.69) is 24.1 Å². The summed E-state index contributed by atoms with van der Waals surface area (Å²) in [5.41, 5.74) is 0.383. The summed E-state index contributed by atoms with van der Waals surface area (Å²) >= 11 is 0. The molecule has 17 heavy (non-hydrogen) atoms.